The minimum absolute atomic E-state index is 0.387. The van der Waals surface area contributed by atoms with Crippen LogP contribution in [-0.2, 0) is 4.74 Å². The van der Waals surface area contributed by atoms with Crippen LogP contribution in [0.5, 0.6) is 0 Å². The van der Waals surface area contributed by atoms with Crippen LogP contribution in [0.3, 0.4) is 0 Å². The maximum atomic E-state index is 10.0. The Morgan fingerprint density at radius 1 is 1.29 bits per heavy atom. The fourth-order valence-corrected chi connectivity index (χ4v) is 4.25. The molecule has 24 heavy (non-hydrogen) atoms. The van der Waals surface area contributed by atoms with Crippen molar-refractivity contribution >= 4 is 17.7 Å². The highest BCUT2D eigenvalue weighted by atomic mass is 32.2. The molecule has 0 radical (unpaired) electrons. The summed E-state index contributed by atoms with van der Waals surface area (Å²) in [6.45, 7) is 6.71. The van der Waals surface area contributed by atoms with Gasteiger partial charge in [-0.05, 0) is 50.7 Å². The minimum Gasteiger partial charge on any atom is -0.389 e. The molecule has 0 aliphatic heterocycles. The zero-order valence-corrected chi connectivity index (χ0v) is 16.1. The topological polar surface area (TPSA) is 65.9 Å². The molecule has 5 nitrogen and oxygen atoms in total. The first kappa shape index (κ1) is 19.9. The highest BCUT2D eigenvalue weighted by Gasteiger charge is 2.23. The number of aliphatic hydroxyl groups excluding tert-OH is 1. The zero-order valence-electron chi connectivity index (χ0n) is 15.3. The molecule has 6 heteroatoms. The molecule has 2 fully saturated rings. The molecule has 2 aliphatic carbocycles. The van der Waals surface area contributed by atoms with Crippen LogP contribution >= 0.6 is 11.8 Å². The summed E-state index contributed by atoms with van der Waals surface area (Å²) in [5, 5.41) is 17.7. The van der Waals surface area contributed by atoms with E-state index in [2.05, 4.69) is 41.2 Å². The van der Waals surface area contributed by atoms with Crippen LogP contribution < -0.4 is 10.6 Å². The Morgan fingerprint density at radius 2 is 2.12 bits per heavy atom. The van der Waals surface area contributed by atoms with Gasteiger partial charge in [0.1, 0.15) is 0 Å². The Bertz CT molecular complexity index is 375. The van der Waals surface area contributed by atoms with Gasteiger partial charge in [0.15, 0.2) is 5.96 Å². The largest absolute Gasteiger partial charge is 0.389 e. The second-order valence-corrected chi connectivity index (χ2v) is 8.52. The molecule has 2 saturated carbocycles. The van der Waals surface area contributed by atoms with Gasteiger partial charge in [-0.25, -0.2) is 0 Å². The molecule has 0 aromatic heterocycles. The van der Waals surface area contributed by atoms with Crippen molar-refractivity contribution in [2.75, 3.05) is 32.1 Å². The van der Waals surface area contributed by atoms with E-state index in [1.807, 2.05) is 0 Å². The van der Waals surface area contributed by atoms with Gasteiger partial charge in [0.05, 0.1) is 19.3 Å². The molecule has 0 spiro atoms. The summed E-state index contributed by atoms with van der Waals surface area (Å²) in [6, 6.07) is 0.490. The molecule has 3 N–H and O–H groups in total. The van der Waals surface area contributed by atoms with E-state index in [4.69, 9.17) is 4.74 Å². The van der Waals surface area contributed by atoms with Crippen LogP contribution in [0.15, 0.2) is 4.99 Å². The zero-order chi connectivity index (χ0) is 17.2. The van der Waals surface area contributed by atoms with Gasteiger partial charge < -0.3 is 20.5 Å². The predicted octanol–water partition coefficient (Wildman–Crippen LogP) is 2.39. The number of hydrogen-bond acceptors (Lipinski definition) is 4. The molecule has 3 unspecified atom stereocenters. The van der Waals surface area contributed by atoms with Gasteiger partial charge in [-0.2, -0.15) is 11.8 Å². The van der Waals surface area contributed by atoms with Gasteiger partial charge in [-0.3, -0.25) is 4.99 Å². The maximum Gasteiger partial charge on any atom is 0.191 e. The van der Waals surface area contributed by atoms with Crippen molar-refractivity contribution in [2.45, 2.75) is 69.8 Å². The number of aliphatic hydroxyl groups is 1. The van der Waals surface area contributed by atoms with Crippen LogP contribution in [0, 0.1) is 5.92 Å². The van der Waals surface area contributed by atoms with E-state index >= 15 is 0 Å². The lowest BCUT2D eigenvalue weighted by Gasteiger charge is -2.30. The average Bonchev–Trinajstić information content (AvgIpc) is 3.38. The van der Waals surface area contributed by atoms with Crippen LogP contribution in [0.2, 0.25) is 0 Å². The summed E-state index contributed by atoms with van der Waals surface area (Å²) in [6.07, 6.45) is 7.07. The number of nitrogens with zero attached hydrogens (tertiary/aromatic N) is 1. The van der Waals surface area contributed by atoms with Crippen molar-refractivity contribution in [1.82, 2.24) is 10.6 Å². The molecule has 2 rings (SSSR count). The van der Waals surface area contributed by atoms with Crippen molar-refractivity contribution in [3.8, 4) is 0 Å². The second-order valence-electron chi connectivity index (χ2n) is 6.94. The quantitative estimate of drug-likeness (QED) is 0.414. The van der Waals surface area contributed by atoms with Crippen molar-refractivity contribution < 1.29 is 9.84 Å². The van der Waals surface area contributed by atoms with Gasteiger partial charge in [-0.15, -0.1) is 0 Å². The fraction of sp³-hybridized carbons (Fsp3) is 0.944. The molecule has 0 saturated heterocycles. The molecule has 0 aromatic carbocycles. The number of thioether (sulfide) groups is 1. The van der Waals surface area contributed by atoms with Gasteiger partial charge in [0.2, 0.25) is 0 Å². The Labute approximate surface area is 151 Å². The van der Waals surface area contributed by atoms with Crippen molar-refractivity contribution in [3.05, 3.63) is 0 Å². The highest BCUT2D eigenvalue weighted by Crippen LogP contribution is 2.29. The summed E-state index contributed by atoms with van der Waals surface area (Å²) in [5.74, 6) is 2.75. The monoisotopic (exact) mass is 357 g/mol. The molecule has 140 valence electrons. The summed E-state index contributed by atoms with van der Waals surface area (Å²) < 4.78 is 5.54. The third kappa shape index (κ3) is 8.08. The van der Waals surface area contributed by atoms with Crippen LogP contribution in [0.1, 0.15) is 52.4 Å². The lowest BCUT2D eigenvalue weighted by molar-refractivity contribution is 0.0368. The van der Waals surface area contributed by atoms with E-state index in [1.165, 1.54) is 44.3 Å². The Morgan fingerprint density at radius 3 is 2.83 bits per heavy atom. The number of nitrogens with one attached hydrogen (secondary N) is 2. The van der Waals surface area contributed by atoms with Gasteiger partial charge >= 0.3 is 0 Å². The maximum absolute atomic E-state index is 10.0. The number of guanidine groups is 1. The van der Waals surface area contributed by atoms with Gasteiger partial charge in [0.25, 0.3) is 0 Å². The van der Waals surface area contributed by atoms with Crippen molar-refractivity contribution in [1.29, 1.82) is 0 Å². The molecule has 3 atom stereocenters. The molecule has 0 bridgehead atoms. The van der Waals surface area contributed by atoms with E-state index in [9.17, 15) is 5.11 Å². The van der Waals surface area contributed by atoms with Gasteiger partial charge in [-0.1, -0.05) is 13.3 Å². The average molecular weight is 358 g/mol. The Hall–Kier alpha value is -0.460. The molecule has 0 amide bonds. The molecular weight excluding hydrogens is 322 g/mol. The number of aliphatic imine (C=N–C) groups is 1. The summed E-state index contributed by atoms with van der Waals surface area (Å²) >= 11 is 2.07. The first-order chi connectivity index (χ1) is 11.7. The number of rotatable bonds is 10. The van der Waals surface area contributed by atoms with Crippen LogP contribution in [0.4, 0.5) is 0 Å². The van der Waals surface area contributed by atoms with E-state index < -0.39 is 6.10 Å². The van der Waals surface area contributed by atoms with E-state index in [0.717, 1.165) is 30.3 Å². The summed E-state index contributed by atoms with van der Waals surface area (Å²) in [4.78, 5) is 4.55. The van der Waals surface area contributed by atoms with Gasteiger partial charge in [0, 0.05) is 24.4 Å². The van der Waals surface area contributed by atoms with E-state index in [-0.39, 0.29) is 0 Å². The lowest BCUT2D eigenvalue weighted by Crippen LogP contribution is -2.46. The Kier molecular flexibility index (Phi) is 9.28. The number of hydrogen-bond donors (Lipinski definition) is 3. The molecule has 2 aliphatic rings. The Balaban J connectivity index is 1.72. The number of ether oxygens (including phenoxy) is 1. The van der Waals surface area contributed by atoms with Crippen molar-refractivity contribution in [2.24, 2.45) is 10.9 Å². The first-order valence-electron chi connectivity index (χ1n) is 9.63. The third-order valence-electron chi connectivity index (χ3n) is 4.53. The second kappa shape index (κ2) is 11.2. The SMILES string of the molecule is CCNC(=NCC(O)COCC1CC1)NC1CCCC(SCC)C1. The molecule has 0 heterocycles. The van der Waals surface area contributed by atoms with E-state index in [0.29, 0.717) is 19.2 Å². The lowest BCUT2D eigenvalue weighted by atomic mass is 9.95. The fourth-order valence-electron chi connectivity index (χ4n) is 3.08. The summed E-state index contributed by atoms with van der Waals surface area (Å²) in [7, 11) is 0. The molecular formula is C18H35N3O2S. The minimum atomic E-state index is -0.519. The van der Waals surface area contributed by atoms with E-state index in [1.54, 1.807) is 0 Å². The summed E-state index contributed by atoms with van der Waals surface area (Å²) in [5.41, 5.74) is 0. The predicted molar refractivity (Wildman–Crippen MR) is 103 cm³/mol. The first-order valence-corrected chi connectivity index (χ1v) is 10.7. The standard InChI is InChI=1S/C18H35N3O2S/c1-3-19-18(20-11-16(22)13-23-12-14-8-9-14)21-15-6-5-7-17(10-15)24-4-2/h14-17,22H,3-13H2,1-2H3,(H2,19,20,21). The normalized spacial score (nSPS) is 26.2. The van der Waals surface area contributed by atoms with Crippen molar-refractivity contribution in [3.63, 3.8) is 0 Å². The van der Waals surface area contributed by atoms with Crippen LogP contribution in [0.25, 0.3) is 0 Å². The van der Waals surface area contributed by atoms with Crippen LogP contribution in [-0.4, -0.2) is 60.5 Å². The molecule has 0 aromatic rings. The highest BCUT2D eigenvalue weighted by molar-refractivity contribution is 7.99. The smallest absolute Gasteiger partial charge is 0.191 e. The third-order valence-corrected chi connectivity index (χ3v) is 5.77.